The van der Waals surface area contributed by atoms with Gasteiger partial charge in [-0.3, -0.25) is 9.59 Å². The number of rotatable bonds is 12. The number of alkyl halides is 2. The lowest BCUT2D eigenvalue weighted by atomic mass is 9.82. The highest BCUT2D eigenvalue weighted by Gasteiger charge is 2.49. The first-order chi connectivity index (χ1) is 16.3. The Bertz CT molecular complexity index is 797. The minimum absolute atomic E-state index is 0.176. The molecule has 34 heavy (non-hydrogen) atoms. The van der Waals surface area contributed by atoms with Gasteiger partial charge in [-0.2, -0.15) is 0 Å². The lowest BCUT2D eigenvalue weighted by Crippen LogP contribution is -2.57. The van der Waals surface area contributed by atoms with Crippen LogP contribution in [-0.4, -0.2) is 74.2 Å². The molecule has 0 radical (unpaired) electrons. The number of amides is 1. The number of esters is 2. The first-order valence-electron chi connectivity index (χ1n) is 11.4. The Morgan fingerprint density at radius 2 is 1.82 bits per heavy atom. The molecule has 0 aliphatic heterocycles. The number of carbonyl (C=O) groups excluding carboxylic acids is 3. The van der Waals surface area contributed by atoms with Crippen LogP contribution < -0.4 is 10.6 Å². The molecule has 2 N–H and O–H groups in total. The second-order valence-electron chi connectivity index (χ2n) is 8.30. The summed E-state index contributed by atoms with van der Waals surface area (Å²) in [4.78, 5) is 37.4. The molecule has 1 aliphatic rings. The summed E-state index contributed by atoms with van der Waals surface area (Å²) >= 11 is 13.2. The molecule has 1 amide bonds. The maximum absolute atomic E-state index is 13.3. The molecule has 0 saturated heterocycles. The van der Waals surface area contributed by atoms with E-state index in [2.05, 4.69) is 10.6 Å². The van der Waals surface area contributed by atoms with E-state index in [1.165, 1.54) is 14.0 Å². The third kappa shape index (κ3) is 8.41. The summed E-state index contributed by atoms with van der Waals surface area (Å²) in [6, 6.07) is 8.35. The van der Waals surface area contributed by atoms with Crippen LogP contribution in [0.2, 0.25) is 0 Å². The van der Waals surface area contributed by atoms with Crippen molar-refractivity contribution in [1.82, 2.24) is 10.6 Å². The van der Waals surface area contributed by atoms with Gasteiger partial charge in [0, 0.05) is 20.0 Å². The van der Waals surface area contributed by atoms with E-state index in [-0.39, 0.29) is 12.8 Å². The zero-order chi connectivity index (χ0) is 25.1. The maximum atomic E-state index is 13.3. The molecule has 5 unspecified atom stereocenters. The van der Waals surface area contributed by atoms with Crippen LogP contribution in [0.15, 0.2) is 30.3 Å². The van der Waals surface area contributed by atoms with Crippen molar-refractivity contribution in [3.8, 4) is 0 Å². The van der Waals surface area contributed by atoms with Crippen molar-refractivity contribution in [3.63, 3.8) is 0 Å². The van der Waals surface area contributed by atoms with Crippen LogP contribution in [-0.2, 0) is 35.0 Å². The second-order valence-corrected chi connectivity index (χ2v) is 9.36. The monoisotopic (exact) mass is 516 g/mol. The van der Waals surface area contributed by atoms with Gasteiger partial charge < -0.3 is 24.8 Å². The minimum atomic E-state index is -0.952. The van der Waals surface area contributed by atoms with Crippen LogP contribution in [0.4, 0.5) is 0 Å². The van der Waals surface area contributed by atoms with E-state index < -0.39 is 52.8 Å². The second kappa shape index (κ2) is 14.5. The van der Waals surface area contributed by atoms with Crippen molar-refractivity contribution >= 4 is 41.0 Å². The van der Waals surface area contributed by atoms with Gasteiger partial charge >= 0.3 is 11.9 Å². The van der Waals surface area contributed by atoms with Crippen LogP contribution in [0, 0.1) is 5.92 Å². The molecule has 0 bridgehead atoms. The Labute approximate surface area is 211 Å². The van der Waals surface area contributed by atoms with E-state index in [9.17, 15) is 14.4 Å². The van der Waals surface area contributed by atoms with Crippen molar-refractivity contribution in [3.05, 3.63) is 35.9 Å². The van der Waals surface area contributed by atoms with Crippen molar-refractivity contribution in [2.75, 3.05) is 27.3 Å². The van der Waals surface area contributed by atoms with Gasteiger partial charge in [0.25, 0.3) is 0 Å². The van der Waals surface area contributed by atoms with Crippen molar-refractivity contribution in [2.45, 2.75) is 61.6 Å². The number of carbonyl (C=O) groups is 3. The Morgan fingerprint density at radius 3 is 2.44 bits per heavy atom. The highest BCUT2D eigenvalue weighted by Crippen LogP contribution is 2.36. The molecular weight excluding hydrogens is 483 g/mol. The molecule has 1 fully saturated rings. The molecule has 1 aromatic carbocycles. The van der Waals surface area contributed by atoms with Crippen LogP contribution in [0.5, 0.6) is 0 Å². The van der Waals surface area contributed by atoms with Gasteiger partial charge in [0.05, 0.1) is 29.9 Å². The molecule has 190 valence electrons. The van der Waals surface area contributed by atoms with Crippen molar-refractivity contribution in [1.29, 1.82) is 0 Å². The van der Waals surface area contributed by atoms with Crippen LogP contribution in [0.25, 0.3) is 0 Å². The van der Waals surface area contributed by atoms with Crippen LogP contribution in [0.1, 0.15) is 31.7 Å². The molecule has 1 aliphatic carbocycles. The average Bonchev–Trinajstić information content (AvgIpc) is 2.81. The topological polar surface area (TPSA) is 103 Å². The summed E-state index contributed by atoms with van der Waals surface area (Å²) in [6.45, 7) is 2.57. The molecular formula is C24H34Cl2N2O6. The van der Waals surface area contributed by atoms with Gasteiger partial charge in [0.1, 0.15) is 12.1 Å². The van der Waals surface area contributed by atoms with E-state index in [1.54, 1.807) is 0 Å². The Kier molecular flexibility index (Phi) is 12.1. The number of hydrogen-bond acceptors (Lipinski definition) is 7. The van der Waals surface area contributed by atoms with Crippen LogP contribution in [0.3, 0.4) is 0 Å². The van der Waals surface area contributed by atoms with Gasteiger partial charge in [-0.05, 0) is 38.4 Å². The number of unbranched alkanes of at least 4 members (excludes halogenated alkanes) is 1. The fourth-order valence-corrected chi connectivity index (χ4v) is 4.97. The van der Waals surface area contributed by atoms with Gasteiger partial charge in [0.15, 0.2) is 0 Å². The van der Waals surface area contributed by atoms with Crippen LogP contribution >= 0.6 is 23.2 Å². The smallest absolute Gasteiger partial charge is 0.328 e. The summed E-state index contributed by atoms with van der Waals surface area (Å²) < 4.78 is 16.3. The number of benzene rings is 1. The Hall–Kier alpha value is -1.87. The first kappa shape index (κ1) is 28.4. The predicted octanol–water partition coefficient (Wildman–Crippen LogP) is 2.44. The maximum Gasteiger partial charge on any atom is 0.328 e. The average molecular weight is 517 g/mol. The van der Waals surface area contributed by atoms with E-state index in [0.29, 0.717) is 6.61 Å². The standard InChI is InChI=1S/C24H34Cl2N2O6/c1-15(29)34-21-17(14-18(25)22(20(21)26)33-12-8-7-11-27-2)23(30)28-19(24(31)32-3)13-16-9-5-4-6-10-16/h4-6,9-10,17-22,27H,7-8,11-14H2,1-3H3,(H,28,30)/t17?,18?,19-,20?,21?,22?/m0/s1. The van der Waals surface area contributed by atoms with Crippen molar-refractivity contribution in [2.24, 2.45) is 5.92 Å². The van der Waals surface area contributed by atoms with Gasteiger partial charge in [-0.1, -0.05) is 30.3 Å². The Balaban J connectivity index is 2.12. The SMILES string of the molecule is CNCCCCOC1C(Cl)CC(C(=O)N[C@@H](Cc2ccccc2)C(=O)OC)C(OC(C)=O)C1Cl. The summed E-state index contributed by atoms with van der Waals surface area (Å²) in [6.07, 6.45) is 0.621. The zero-order valence-electron chi connectivity index (χ0n) is 19.8. The quantitative estimate of drug-likeness (QED) is 0.250. The molecule has 1 saturated carbocycles. The van der Waals surface area contributed by atoms with Gasteiger partial charge in [-0.25, -0.2) is 4.79 Å². The predicted molar refractivity (Wildman–Crippen MR) is 130 cm³/mol. The third-order valence-electron chi connectivity index (χ3n) is 5.71. The molecule has 0 aromatic heterocycles. The molecule has 0 spiro atoms. The van der Waals surface area contributed by atoms with E-state index in [1.807, 2.05) is 37.4 Å². The van der Waals surface area contributed by atoms with E-state index in [0.717, 1.165) is 24.9 Å². The molecule has 10 heteroatoms. The molecule has 2 rings (SSSR count). The number of nitrogens with one attached hydrogen (secondary N) is 2. The molecule has 1 aromatic rings. The lowest BCUT2D eigenvalue weighted by Gasteiger charge is -2.41. The van der Waals surface area contributed by atoms with Gasteiger partial charge in [-0.15, -0.1) is 23.2 Å². The lowest BCUT2D eigenvalue weighted by molar-refractivity contribution is -0.158. The highest BCUT2D eigenvalue weighted by molar-refractivity contribution is 6.25. The number of hydrogen-bond donors (Lipinski definition) is 2. The summed E-state index contributed by atoms with van der Waals surface area (Å²) in [5.74, 6) is -2.48. The largest absolute Gasteiger partial charge is 0.467 e. The van der Waals surface area contributed by atoms with E-state index in [4.69, 9.17) is 37.4 Å². The number of halogens is 2. The highest BCUT2D eigenvalue weighted by atomic mass is 35.5. The Morgan fingerprint density at radius 1 is 1.12 bits per heavy atom. The first-order valence-corrected chi connectivity index (χ1v) is 12.3. The number of ether oxygens (including phenoxy) is 3. The fourth-order valence-electron chi connectivity index (χ4n) is 4.00. The normalized spacial score (nSPS) is 25.3. The summed E-state index contributed by atoms with van der Waals surface area (Å²) in [7, 11) is 3.14. The summed E-state index contributed by atoms with van der Waals surface area (Å²) in [5, 5.41) is 4.42. The van der Waals surface area contributed by atoms with E-state index >= 15 is 0 Å². The third-order valence-corrected chi connectivity index (χ3v) is 6.64. The molecule has 8 nitrogen and oxygen atoms in total. The van der Waals surface area contributed by atoms with Gasteiger partial charge in [0.2, 0.25) is 5.91 Å². The summed E-state index contributed by atoms with van der Waals surface area (Å²) in [5.41, 5.74) is 0.857. The van der Waals surface area contributed by atoms with Crippen molar-refractivity contribution < 1.29 is 28.6 Å². The number of methoxy groups -OCH3 is 1. The molecule has 0 heterocycles. The minimum Gasteiger partial charge on any atom is -0.467 e. The molecule has 6 atom stereocenters. The zero-order valence-corrected chi connectivity index (χ0v) is 21.3. The fraction of sp³-hybridized carbons (Fsp3) is 0.625.